The SMILES string of the molecule is CC1(C)C2(CS(=O)(=O)O)CCC1(c1ccc(-c3ccccc3-c3c(Cl)[nH]c4cccc(Cc5ccccc5)c34)cc1)C(c1ccc(F)cc1)(c1ccc(F)cc1)C2=O. The Morgan fingerprint density at radius 1 is 0.690 bits per heavy atom. The van der Waals surface area contributed by atoms with Crippen molar-refractivity contribution < 1.29 is 26.5 Å². The van der Waals surface area contributed by atoms with Crippen LogP contribution in [0.4, 0.5) is 8.78 Å². The molecule has 2 unspecified atom stereocenters. The van der Waals surface area contributed by atoms with Crippen molar-refractivity contribution >= 4 is 38.4 Å². The molecule has 2 fully saturated rings. The zero-order valence-corrected chi connectivity index (χ0v) is 33.5. The molecular formula is C49H40ClF2NO4S. The quantitative estimate of drug-likeness (QED) is 0.142. The van der Waals surface area contributed by atoms with Gasteiger partial charge >= 0.3 is 0 Å². The van der Waals surface area contributed by atoms with Crippen LogP contribution < -0.4 is 0 Å². The molecule has 9 heteroatoms. The fourth-order valence-electron chi connectivity index (χ4n) is 11.1. The van der Waals surface area contributed by atoms with Crippen LogP contribution in [0.2, 0.25) is 5.15 Å². The Labute approximate surface area is 341 Å². The molecule has 6 aromatic carbocycles. The maximum absolute atomic E-state index is 15.6. The van der Waals surface area contributed by atoms with Gasteiger partial charge in [-0.05, 0) is 99.5 Å². The minimum Gasteiger partial charge on any atom is -0.345 e. The summed E-state index contributed by atoms with van der Waals surface area (Å²) in [4.78, 5) is 19.0. The van der Waals surface area contributed by atoms with E-state index in [0.717, 1.165) is 50.7 Å². The lowest BCUT2D eigenvalue weighted by Crippen LogP contribution is -2.55. The summed E-state index contributed by atoms with van der Waals surface area (Å²) in [6, 6.07) is 44.0. The molecule has 9 rings (SSSR count). The second-order valence-corrected chi connectivity index (χ2v) is 18.2. The van der Waals surface area contributed by atoms with Crippen LogP contribution in [-0.4, -0.2) is 29.5 Å². The second kappa shape index (κ2) is 13.6. The van der Waals surface area contributed by atoms with Gasteiger partial charge in [-0.15, -0.1) is 0 Å². The zero-order valence-electron chi connectivity index (χ0n) is 31.9. The molecule has 0 aliphatic heterocycles. The Balaban J connectivity index is 1.24. The van der Waals surface area contributed by atoms with E-state index < -0.39 is 54.9 Å². The number of carbonyl (C=O) groups is 1. The third-order valence-electron chi connectivity index (χ3n) is 13.6. The topological polar surface area (TPSA) is 87.2 Å². The van der Waals surface area contributed by atoms with Crippen molar-refractivity contribution in [3.8, 4) is 22.3 Å². The van der Waals surface area contributed by atoms with Crippen molar-refractivity contribution in [1.82, 2.24) is 4.98 Å². The van der Waals surface area contributed by atoms with Gasteiger partial charge < -0.3 is 4.98 Å². The smallest absolute Gasteiger partial charge is 0.265 e. The fraction of sp³-hybridized carbons (Fsp3) is 0.204. The number of ketones is 1. The highest BCUT2D eigenvalue weighted by Gasteiger charge is 2.83. The average molecular weight is 812 g/mol. The lowest BCUT2D eigenvalue weighted by molar-refractivity contribution is -0.132. The van der Waals surface area contributed by atoms with E-state index in [2.05, 4.69) is 35.3 Å². The van der Waals surface area contributed by atoms with E-state index in [1.165, 1.54) is 29.8 Å². The van der Waals surface area contributed by atoms with Gasteiger partial charge in [0, 0.05) is 21.9 Å². The van der Waals surface area contributed by atoms with Gasteiger partial charge in [-0.25, -0.2) is 8.78 Å². The van der Waals surface area contributed by atoms with Crippen molar-refractivity contribution in [1.29, 1.82) is 0 Å². The van der Waals surface area contributed by atoms with Gasteiger partial charge in [-0.2, -0.15) is 8.42 Å². The summed E-state index contributed by atoms with van der Waals surface area (Å²) in [5, 5.41) is 1.56. The van der Waals surface area contributed by atoms with Crippen LogP contribution in [0, 0.1) is 22.5 Å². The van der Waals surface area contributed by atoms with E-state index >= 15 is 4.79 Å². The van der Waals surface area contributed by atoms with Crippen molar-refractivity contribution in [2.45, 2.75) is 43.9 Å². The number of aromatic nitrogens is 1. The first-order chi connectivity index (χ1) is 27.7. The van der Waals surface area contributed by atoms with E-state index in [9.17, 15) is 21.8 Å². The predicted molar refractivity (Wildman–Crippen MR) is 226 cm³/mol. The minimum absolute atomic E-state index is 0.192. The molecule has 0 amide bonds. The first kappa shape index (κ1) is 38.1. The number of rotatable bonds is 9. The van der Waals surface area contributed by atoms with Crippen molar-refractivity contribution in [3.63, 3.8) is 0 Å². The maximum Gasteiger partial charge on any atom is 0.265 e. The summed E-state index contributed by atoms with van der Waals surface area (Å²) in [7, 11) is -4.66. The summed E-state index contributed by atoms with van der Waals surface area (Å²) in [6.45, 7) is 3.79. The van der Waals surface area contributed by atoms with Crippen LogP contribution in [0.15, 0.2) is 146 Å². The monoisotopic (exact) mass is 811 g/mol. The van der Waals surface area contributed by atoms with Crippen LogP contribution in [-0.2, 0) is 32.2 Å². The molecule has 2 bridgehead atoms. The molecule has 2 N–H and O–H groups in total. The van der Waals surface area contributed by atoms with E-state index in [0.29, 0.717) is 22.7 Å². The van der Waals surface area contributed by atoms with Crippen LogP contribution >= 0.6 is 11.6 Å². The molecule has 2 saturated carbocycles. The average Bonchev–Trinajstić information content (AvgIpc) is 3.70. The first-order valence-corrected chi connectivity index (χ1v) is 21.3. The Kier molecular flexibility index (Phi) is 8.93. The first-order valence-electron chi connectivity index (χ1n) is 19.3. The number of nitrogens with one attached hydrogen (secondary N) is 1. The summed E-state index contributed by atoms with van der Waals surface area (Å²) >= 11 is 7.07. The second-order valence-electron chi connectivity index (χ2n) is 16.4. The summed E-state index contributed by atoms with van der Waals surface area (Å²) in [6.07, 6.45) is 1.27. The predicted octanol–water partition coefficient (Wildman–Crippen LogP) is 11.5. The highest BCUT2D eigenvalue weighted by Crippen LogP contribution is 2.79. The highest BCUT2D eigenvalue weighted by molar-refractivity contribution is 7.85. The maximum atomic E-state index is 15.6. The van der Waals surface area contributed by atoms with Gasteiger partial charge in [0.15, 0.2) is 5.78 Å². The van der Waals surface area contributed by atoms with Gasteiger partial charge in [0.25, 0.3) is 10.1 Å². The van der Waals surface area contributed by atoms with Crippen LogP contribution in [0.25, 0.3) is 33.2 Å². The summed E-state index contributed by atoms with van der Waals surface area (Å²) in [5.74, 6) is -2.18. The van der Waals surface area contributed by atoms with E-state index in [-0.39, 0.29) is 6.42 Å². The Morgan fingerprint density at radius 3 is 1.86 bits per heavy atom. The standard InChI is InChI=1S/C49H40ClF2NO4S/c1-46(2)47(30-58(55,56)57)27-28-48(46,49(45(47)54,35-19-23-37(51)24-20-35)36-21-25-38(52)26-22-36)34-17-15-32(16-18-34)39-12-6-7-13-40(39)43-42-33(29-31-9-4-3-5-10-31)11-8-14-41(42)53-44(43)50/h3-26,53H,27-30H2,1-2H3,(H,55,56,57). The van der Waals surface area contributed by atoms with Gasteiger partial charge in [-0.1, -0.05) is 141 Å². The van der Waals surface area contributed by atoms with Gasteiger partial charge in [0.1, 0.15) is 16.8 Å². The number of hydrogen-bond donors (Lipinski definition) is 2. The van der Waals surface area contributed by atoms with E-state index in [4.69, 9.17) is 11.6 Å². The zero-order chi connectivity index (χ0) is 40.7. The Hall–Kier alpha value is -5.41. The molecule has 292 valence electrons. The van der Waals surface area contributed by atoms with Gasteiger partial charge in [0.2, 0.25) is 0 Å². The molecule has 7 aromatic rings. The number of halogens is 3. The Bertz CT molecular complexity index is 2790. The highest BCUT2D eigenvalue weighted by atomic mass is 35.5. The third kappa shape index (κ3) is 5.41. The lowest BCUT2D eigenvalue weighted by Gasteiger charge is -2.51. The van der Waals surface area contributed by atoms with Crippen molar-refractivity contribution in [2.24, 2.45) is 10.8 Å². The van der Waals surface area contributed by atoms with E-state index in [1.54, 1.807) is 24.3 Å². The number of carbonyl (C=O) groups excluding carboxylic acids is 1. The molecule has 2 atom stereocenters. The third-order valence-corrected chi connectivity index (χ3v) is 14.7. The lowest BCUT2D eigenvalue weighted by atomic mass is 9.49. The van der Waals surface area contributed by atoms with Crippen molar-refractivity contribution in [3.05, 3.63) is 190 Å². The summed E-state index contributed by atoms with van der Waals surface area (Å²) < 4.78 is 65.4. The molecule has 5 nitrogen and oxygen atoms in total. The molecule has 1 aromatic heterocycles. The van der Waals surface area contributed by atoms with Gasteiger partial charge in [0.05, 0.1) is 16.6 Å². The van der Waals surface area contributed by atoms with Crippen LogP contribution in [0.1, 0.15) is 54.5 Å². The molecule has 2 aliphatic carbocycles. The number of fused-ring (bicyclic) bond motifs is 3. The number of aromatic amines is 1. The molecule has 0 radical (unpaired) electrons. The molecular weight excluding hydrogens is 772 g/mol. The normalized spacial score (nSPS) is 20.8. The molecule has 0 saturated heterocycles. The molecule has 2 aliphatic rings. The number of H-pyrrole nitrogens is 1. The number of benzene rings is 6. The Morgan fingerprint density at radius 2 is 1.26 bits per heavy atom. The van der Waals surface area contributed by atoms with Gasteiger partial charge in [-0.3, -0.25) is 9.35 Å². The van der Waals surface area contributed by atoms with Crippen LogP contribution in [0.5, 0.6) is 0 Å². The number of hydrogen-bond acceptors (Lipinski definition) is 3. The largest absolute Gasteiger partial charge is 0.345 e. The minimum atomic E-state index is -4.66. The molecule has 0 spiro atoms. The summed E-state index contributed by atoms with van der Waals surface area (Å²) in [5.41, 5.74) is 3.27. The van der Waals surface area contributed by atoms with E-state index in [1.807, 2.05) is 80.6 Å². The fourth-order valence-corrected chi connectivity index (χ4v) is 12.7. The molecule has 1 heterocycles. The molecule has 58 heavy (non-hydrogen) atoms. The number of Topliss-reactive ketones (excluding diaryl/α,β-unsaturated/α-hetero) is 1. The van der Waals surface area contributed by atoms with Crippen molar-refractivity contribution in [2.75, 3.05) is 5.75 Å². The van der Waals surface area contributed by atoms with Crippen LogP contribution in [0.3, 0.4) is 0 Å².